The molecule has 4 bridgehead atoms. The minimum atomic E-state index is 0.361. The van der Waals surface area contributed by atoms with E-state index >= 15 is 0 Å². The second-order valence-electron chi connectivity index (χ2n) is 9.78. The first-order valence-corrected chi connectivity index (χ1v) is 9.16. The predicted octanol–water partition coefficient (Wildman–Crippen LogP) is 3.77. The predicted molar refractivity (Wildman–Crippen MR) is 90.4 cm³/mol. The Labute approximate surface area is 132 Å². The topological polar surface area (TPSA) is 15.3 Å². The van der Waals surface area contributed by atoms with Crippen molar-refractivity contribution < 1.29 is 0 Å². The molecule has 0 aromatic rings. The van der Waals surface area contributed by atoms with Crippen LogP contribution in [-0.4, -0.2) is 38.1 Å². The standard InChI is InChI=1S/C19H36N2/c1-14(20-12-18(2,3)13-21(4)5)19-9-15-6-16(10-19)8-17(7-15)11-19/h14-17,20H,6-13H2,1-5H3. The van der Waals surface area contributed by atoms with Gasteiger partial charge in [0, 0.05) is 19.1 Å². The Bertz CT molecular complexity index is 336. The first kappa shape index (κ1) is 15.8. The molecule has 0 heterocycles. The van der Waals surface area contributed by atoms with Gasteiger partial charge in [-0.3, -0.25) is 0 Å². The summed E-state index contributed by atoms with van der Waals surface area (Å²) in [6.07, 6.45) is 9.21. The van der Waals surface area contributed by atoms with Gasteiger partial charge in [-0.25, -0.2) is 0 Å². The Morgan fingerprint density at radius 1 is 1.05 bits per heavy atom. The third-order valence-electron chi connectivity index (χ3n) is 6.64. The summed E-state index contributed by atoms with van der Waals surface area (Å²) in [6, 6.07) is 0.701. The van der Waals surface area contributed by atoms with Gasteiger partial charge in [0.05, 0.1) is 0 Å². The number of hydrogen-bond acceptors (Lipinski definition) is 2. The molecular formula is C19H36N2. The molecule has 1 N–H and O–H groups in total. The molecule has 4 saturated carbocycles. The molecule has 21 heavy (non-hydrogen) atoms. The second kappa shape index (κ2) is 5.53. The van der Waals surface area contributed by atoms with E-state index in [4.69, 9.17) is 0 Å². The largest absolute Gasteiger partial charge is 0.313 e. The molecule has 0 radical (unpaired) electrons. The van der Waals surface area contributed by atoms with Crippen LogP contribution in [0, 0.1) is 28.6 Å². The van der Waals surface area contributed by atoms with Crippen LogP contribution in [0.1, 0.15) is 59.3 Å². The number of nitrogens with one attached hydrogen (secondary N) is 1. The minimum Gasteiger partial charge on any atom is -0.313 e. The summed E-state index contributed by atoms with van der Waals surface area (Å²) in [4.78, 5) is 2.32. The fourth-order valence-corrected chi connectivity index (χ4v) is 6.27. The van der Waals surface area contributed by atoms with Crippen LogP contribution in [0.5, 0.6) is 0 Å². The summed E-state index contributed by atoms with van der Waals surface area (Å²) < 4.78 is 0. The lowest BCUT2D eigenvalue weighted by Gasteiger charge is -2.59. The van der Waals surface area contributed by atoms with Crippen molar-refractivity contribution in [3.63, 3.8) is 0 Å². The Kier molecular flexibility index (Phi) is 4.16. The van der Waals surface area contributed by atoms with Gasteiger partial charge >= 0.3 is 0 Å². The van der Waals surface area contributed by atoms with Crippen molar-refractivity contribution in [2.45, 2.75) is 65.3 Å². The average molecular weight is 293 g/mol. The molecule has 0 aromatic carbocycles. The van der Waals surface area contributed by atoms with Crippen LogP contribution in [0.15, 0.2) is 0 Å². The molecular weight excluding hydrogens is 256 g/mol. The third kappa shape index (κ3) is 3.32. The van der Waals surface area contributed by atoms with Crippen LogP contribution in [0.4, 0.5) is 0 Å². The molecule has 2 nitrogen and oxygen atoms in total. The summed E-state index contributed by atoms with van der Waals surface area (Å²) in [5, 5.41) is 3.96. The van der Waals surface area contributed by atoms with Crippen molar-refractivity contribution in [2.75, 3.05) is 27.2 Å². The highest BCUT2D eigenvalue weighted by Crippen LogP contribution is 2.61. The van der Waals surface area contributed by atoms with Gasteiger partial charge < -0.3 is 10.2 Å². The van der Waals surface area contributed by atoms with Crippen LogP contribution in [-0.2, 0) is 0 Å². The maximum atomic E-state index is 3.96. The molecule has 2 heteroatoms. The second-order valence-corrected chi connectivity index (χ2v) is 9.78. The van der Waals surface area contributed by atoms with Gasteiger partial charge in [-0.2, -0.15) is 0 Å². The lowest BCUT2D eigenvalue weighted by Crippen LogP contribution is -2.56. The van der Waals surface area contributed by atoms with E-state index in [1.165, 1.54) is 19.3 Å². The number of rotatable bonds is 6. The molecule has 122 valence electrons. The van der Waals surface area contributed by atoms with Gasteiger partial charge in [0.2, 0.25) is 0 Å². The Hall–Kier alpha value is -0.0800. The van der Waals surface area contributed by atoms with Crippen LogP contribution < -0.4 is 5.32 Å². The van der Waals surface area contributed by atoms with Gasteiger partial charge in [-0.05, 0) is 88.1 Å². The molecule has 0 amide bonds. The Morgan fingerprint density at radius 2 is 1.52 bits per heavy atom. The molecule has 1 atom stereocenters. The van der Waals surface area contributed by atoms with Crippen molar-refractivity contribution in [2.24, 2.45) is 28.6 Å². The van der Waals surface area contributed by atoms with Gasteiger partial charge in [0.25, 0.3) is 0 Å². The van der Waals surface area contributed by atoms with Crippen LogP contribution in [0.25, 0.3) is 0 Å². The summed E-state index contributed by atoms with van der Waals surface area (Å²) in [6.45, 7) is 9.58. The molecule has 4 rings (SSSR count). The first-order valence-electron chi connectivity index (χ1n) is 9.16. The number of hydrogen-bond donors (Lipinski definition) is 1. The van der Waals surface area contributed by atoms with Gasteiger partial charge in [0.15, 0.2) is 0 Å². The zero-order valence-corrected chi connectivity index (χ0v) is 14.9. The quantitative estimate of drug-likeness (QED) is 0.801. The van der Waals surface area contributed by atoms with Gasteiger partial charge in [-0.15, -0.1) is 0 Å². The lowest BCUT2D eigenvalue weighted by atomic mass is 9.48. The highest BCUT2D eigenvalue weighted by atomic mass is 15.1. The molecule has 0 saturated heterocycles. The highest BCUT2D eigenvalue weighted by Gasteiger charge is 2.53. The number of nitrogens with zero attached hydrogens (tertiary/aromatic N) is 1. The van der Waals surface area contributed by atoms with Gasteiger partial charge in [0.1, 0.15) is 0 Å². The van der Waals surface area contributed by atoms with Gasteiger partial charge in [-0.1, -0.05) is 13.8 Å². The maximum absolute atomic E-state index is 3.96. The Morgan fingerprint density at radius 3 is 1.95 bits per heavy atom. The van der Waals surface area contributed by atoms with E-state index < -0.39 is 0 Å². The lowest BCUT2D eigenvalue weighted by molar-refractivity contribution is -0.0716. The average Bonchev–Trinajstić information content (AvgIpc) is 2.32. The van der Waals surface area contributed by atoms with Crippen molar-refractivity contribution in [3.05, 3.63) is 0 Å². The summed E-state index contributed by atoms with van der Waals surface area (Å²) >= 11 is 0. The van der Waals surface area contributed by atoms with E-state index in [0.717, 1.165) is 30.8 Å². The molecule has 4 fully saturated rings. The first-order chi connectivity index (χ1) is 9.78. The minimum absolute atomic E-state index is 0.361. The molecule has 0 aromatic heterocycles. The van der Waals surface area contributed by atoms with Crippen molar-refractivity contribution in [1.29, 1.82) is 0 Å². The zero-order chi connectivity index (χ0) is 15.3. The summed E-state index contributed by atoms with van der Waals surface area (Å²) in [5.41, 5.74) is 1.00. The maximum Gasteiger partial charge on any atom is 0.00957 e. The van der Waals surface area contributed by atoms with Crippen molar-refractivity contribution in [1.82, 2.24) is 10.2 Å². The molecule has 0 aliphatic heterocycles. The van der Waals surface area contributed by atoms with Crippen LogP contribution in [0.3, 0.4) is 0 Å². The normalized spacial score (nSPS) is 40.0. The third-order valence-corrected chi connectivity index (χ3v) is 6.64. The van der Waals surface area contributed by atoms with Crippen LogP contribution in [0.2, 0.25) is 0 Å². The van der Waals surface area contributed by atoms with E-state index in [2.05, 4.69) is 45.1 Å². The summed E-state index contributed by atoms with van der Waals surface area (Å²) in [5.74, 6) is 3.20. The molecule has 0 spiro atoms. The van der Waals surface area contributed by atoms with Crippen LogP contribution >= 0.6 is 0 Å². The zero-order valence-electron chi connectivity index (χ0n) is 14.9. The smallest absolute Gasteiger partial charge is 0.00957 e. The van der Waals surface area contributed by atoms with Crippen molar-refractivity contribution in [3.8, 4) is 0 Å². The fraction of sp³-hybridized carbons (Fsp3) is 1.00. The Balaban J connectivity index is 1.59. The summed E-state index contributed by atoms with van der Waals surface area (Å²) in [7, 11) is 4.37. The van der Waals surface area contributed by atoms with E-state index in [9.17, 15) is 0 Å². The van der Waals surface area contributed by atoms with E-state index in [1.807, 2.05) is 0 Å². The SMILES string of the molecule is CC(NCC(C)(C)CN(C)C)C12CC3CC(CC(C3)C1)C2. The fourth-order valence-electron chi connectivity index (χ4n) is 6.27. The monoisotopic (exact) mass is 292 g/mol. The highest BCUT2D eigenvalue weighted by molar-refractivity contribution is 5.05. The van der Waals surface area contributed by atoms with Crippen molar-refractivity contribution >= 4 is 0 Å². The molecule has 1 unspecified atom stereocenters. The van der Waals surface area contributed by atoms with E-state index in [0.29, 0.717) is 16.9 Å². The van der Waals surface area contributed by atoms with E-state index in [-0.39, 0.29) is 0 Å². The van der Waals surface area contributed by atoms with E-state index in [1.54, 1.807) is 19.3 Å². The molecule has 4 aliphatic rings. The molecule has 4 aliphatic carbocycles.